The molecule has 1 atom stereocenters. The second-order valence-electron chi connectivity index (χ2n) is 7.93. The van der Waals surface area contributed by atoms with E-state index in [4.69, 9.17) is 23.2 Å². The molecule has 7 nitrogen and oxygen atoms in total. The summed E-state index contributed by atoms with van der Waals surface area (Å²) in [6, 6.07) is 20.3. The molecule has 0 aliphatic heterocycles. The van der Waals surface area contributed by atoms with E-state index in [0.29, 0.717) is 17.0 Å². The Labute approximate surface area is 221 Å². The lowest BCUT2D eigenvalue weighted by Crippen LogP contribution is -2.51. The fourth-order valence-corrected chi connectivity index (χ4v) is 5.72. The minimum absolute atomic E-state index is 0.00807. The molecule has 0 saturated heterocycles. The van der Waals surface area contributed by atoms with E-state index in [1.807, 2.05) is 0 Å². The standard InChI is InChI=1S/C26H27Cl2N3O4S/c1-3-23(26(33)29-2)30(17-19-11-7-8-14-21(19)27)25(32)18-31(24-16-10-9-15-22(24)28)36(34,35)20-12-5-4-6-13-20/h4-16,23H,3,17-18H2,1-2H3,(H,29,33). The van der Waals surface area contributed by atoms with Gasteiger partial charge in [-0.3, -0.25) is 13.9 Å². The molecule has 1 N–H and O–H groups in total. The number of carbonyl (C=O) groups is 2. The van der Waals surface area contributed by atoms with Gasteiger partial charge in [0.2, 0.25) is 11.8 Å². The average molecular weight is 548 g/mol. The first-order chi connectivity index (χ1) is 17.2. The van der Waals surface area contributed by atoms with Crippen molar-refractivity contribution in [1.29, 1.82) is 0 Å². The largest absolute Gasteiger partial charge is 0.357 e. The van der Waals surface area contributed by atoms with Crippen molar-refractivity contribution in [2.24, 2.45) is 0 Å². The molecule has 3 aromatic rings. The fourth-order valence-electron chi connectivity index (χ4n) is 3.78. The average Bonchev–Trinajstić information content (AvgIpc) is 2.88. The Hall–Kier alpha value is -3.07. The van der Waals surface area contributed by atoms with E-state index in [2.05, 4.69) is 5.32 Å². The van der Waals surface area contributed by atoms with Gasteiger partial charge in [-0.15, -0.1) is 0 Å². The van der Waals surface area contributed by atoms with Crippen LogP contribution in [-0.4, -0.2) is 44.8 Å². The van der Waals surface area contributed by atoms with Gasteiger partial charge in [-0.2, -0.15) is 0 Å². The summed E-state index contributed by atoms with van der Waals surface area (Å²) < 4.78 is 28.3. The van der Waals surface area contributed by atoms with Crippen LogP contribution >= 0.6 is 23.2 Å². The lowest BCUT2D eigenvalue weighted by atomic mass is 10.1. The van der Waals surface area contributed by atoms with Crippen LogP contribution in [0.3, 0.4) is 0 Å². The molecule has 0 aromatic heterocycles. The van der Waals surface area contributed by atoms with Gasteiger partial charge in [0.1, 0.15) is 12.6 Å². The van der Waals surface area contributed by atoms with Crippen molar-refractivity contribution >= 4 is 50.7 Å². The zero-order chi connectivity index (χ0) is 26.3. The molecule has 0 bridgehead atoms. The van der Waals surface area contributed by atoms with E-state index in [0.717, 1.165) is 4.31 Å². The van der Waals surface area contributed by atoms with Gasteiger partial charge in [0.25, 0.3) is 10.0 Å². The maximum absolute atomic E-state index is 13.8. The highest BCUT2D eigenvalue weighted by molar-refractivity contribution is 7.92. The number of halogens is 2. The zero-order valence-electron chi connectivity index (χ0n) is 19.9. The Bertz CT molecular complexity index is 1320. The zero-order valence-corrected chi connectivity index (χ0v) is 22.2. The summed E-state index contributed by atoms with van der Waals surface area (Å²) >= 11 is 12.7. The van der Waals surface area contributed by atoms with Crippen LogP contribution in [0.25, 0.3) is 0 Å². The highest BCUT2D eigenvalue weighted by Gasteiger charge is 2.34. The van der Waals surface area contributed by atoms with Gasteiger partial charge in [0, 0.05) is 18.6 Å². The Morgan fingerprint density at radius 3 is 2.06 bits per heavy atom. The Kier molecular flexibility index (Phi) is 9.37. The van der Waals surface area contributed by atoms with Crippen molar-refractivity contribution < 1.29 is 18.0 Å². The SMILES string of the molecule is CCC(C(=O)NC)N(Cc1ccccc1Cl)C(=O)CN(c1ccccc1Cl)S(=O)(=O)c1ccccc1. The number of hydrogen-bond donors (Lipinski definition) is 1. The Morgan fingerprint density at radius 2 is 1.47 bits per heavy atom. The summed E-state index contributed by atoms with van der Waals surface area (Å²) in [6.45, 7) is 1.23. The van der Waals surface area contributed by atoms with Gasteiger partial charge in [0.15, 0.2) is 0 Å². The summed E-state index contributed by atoms with van der Waals surface area (Å²) in [5, 5.41) is 3.18. The minimum Gasteiger partial charge on any atom is -0.357 e. The number of para-hydroxylation sites is 1. The second-order valence-corrected chi connectivity index (χ2v) is 10.6. The van der Waals surface area contributed by atoms with Gasteiger partial charge in [0.05, 0.1) is 15.6 Å². The molecule has 2 amide bonds. The molecular formula is C26H27Cl2N3O4S. The molecule has 10 heteroatoms. The van der Waals surface area contributed by atoms with Crippen molar-refractivity contribution in [3.8, 4) is 0 Å². The van der Waals surface area contributed by atoms with Gasteiger partial charge in [-0.25, -0.2) is 8.42 Å². The molecule has 1 unspecified atom stereocenters. The molecule has 36 heavy (non-hydrogen) atoms. The minimum atomic E-state index is -4.17. The van der Waals surface area contributed by atoms with Crippen LogP contribution in [0.4, 0.5) is 5.69 Å². The number of rotatable bonds is 10. The third-order valence-electron chi connectivity index (χ3n) is 5.66. The van der Waals surface area contributed by atoms with Crippen molar-refractivity contribution in [2.75, 3.05) is 17.9 Å². The van der Waals surface area contributed by atoms with E-state index in [1.165, 1.54) is 30.1 Å². The van der Waals surface area contributed by atoms with Crippen molar-refractivity contribution in [3.63, 3.8) is 0 Å². The Balaban J connectivity index is 2.08. The summed E-state index contributed by atoms with van der Waals surface area (Å²) in [4.78, 5) is 27.9. The van der Waals surface area contributed by atoms with E-state index >= 15 is 0 Å². The second kappa shape index (κ2) is 12.3. The fraction of sp³-hybridized carbons (Fsp3) is 0.231. The molecular weight excluding hydrogens is 521 g/mol. The molecule has 3 rings (SSSR count). The smallest absolute Gasteiger partial charge is 0.264 e. The molecule has 0 aliphatic rings. The number of sulfonamides is 1. The number of anilines is 1. The molecule has 0 radical (unpaired) electrons. The van der Waals surface area contributed by atoms with Crippen LogP contribution in [0.2, 0.25) is 10.0 Å². The van der Waals surface area contributed by atoms with Crippen LogP contribution in [0.1, 0.15) is 18.9 Å². The number of likely N-dealkylation sites (N-methyl/N-ethyl adjacent to an activating group) is 1. The maximum atomic E-state index is 13.8. The monoisotopic (exact) mass is 547 g/mol. The van der Waals surface area contributed by atoms with E-state index < -0.39 is 28.5 Å². The van der Waals surface area contributed by atoms with Crippen LogP contribution < -0.4 is 9.62 Å². The highest BCUT2D eigenvalue weighted by Crippen LogP contribution is 2.31. The summed E-state index contributed by atoms with van der Waals surface area (Å²) in [6.07, 6.45) is 0.313. The van der Waals surface area contributed by atoms with Gasteiger partial charge < -0.3 is 10.2 Å². The van der Waals surface area contributed by atoms with Crippen molar-refractivity contribution in [3.05, 3.63) is 94.5 Å². The number of nitrogens with one attached hydrogen (secondary N) is 1. The van der Waals surface area contributed by atoms with Gasteiger partial charge in [-0.05, 0) is 42.3 Å². The summed E-state index contributed by atoms with van der Waals surface area (Å²) in [7, 11) is -2.68. The molecule has 0 fully saturated rings. The van der Waals surface area contributed by atoms with Crippen molar-refractivity contribution in [2.45, 2.75) is 30.8 Å². The first-order valence-corrected chi connectivity index (χ1v) is 13.5. The molecule has 3 aromatic carbocycles. The predicted molar refractivity (Wildman–Crippen MR) is 143 cm³/mol. The van der Waals surface area contributed by atoms with E-state index in [-0.39, 0.29) is 28.1 Å². The molecule has 0 saturated carbocycles. The number of carbonyl (C=O) groups excluding carboxylic acids is 2. The highest BCUT2D eigenvalue weighted by atomic mass is 35.5. The van der Waals surface area contributed by atoms with Gasteiger partial charge >= 0.3 is 0 Å². The number of benzene rings is 3. The van der Waals surface area contributed by atoms with Crippen LogP contribution in [-0.2, 0) is 26.2 Å². The lowest BCUT2D eigenvalue weighted by Gasteiger charge is -2.33. The number of hydrogen-bond acceptors (Lipinski definition) is 4. The third kappa shape index (κ3) is 6.19. The summed E-state index contributed by atoms with van der Waals surface area (Å²) in [5.74, 6) is -0.946. The predicted octanol–water partition coefficient (Wildman–Crippen LogP) is 4.74. The van der Waals surface area contributed by atoms with E-state index in [9.17, 15) is 18.0 Å². The van der Waals surface area contributed by atoms with Gasteiger partial charge in [-0.1, -0.05) is 78.7 Å². The molecule has 0 spiro atoms. The maximum Gasteiger partial charge on any atom is 0.264 e. The van der Waals surface area contributed by atoms with E-state index in [1.54, 1.807) is 67.6 Å². The summed E-state index contributed by atoms with van der Waals surface area (Å²) in [5.41, 5.74) is 0.784. The third-order valence-corrected chi connectivity index (χ3v) is 8.12. The number of nitrogens with zero attached hydrogens (tertiary/aromatic N) is 2. The van der Waals surface area contributed by atoms with Crippen LogP contribution in [0, 0.1) is 0 Å². The topological polar surface area (TPSA) is 86.8 Å². The first-order valence-electron chi connectivity index (χ1n) is 11.3. The van der Waals surface area contributed by atoms with Crippen LogP contribution in [0.15, 0.2) is 83.8 Å². The Morgan fingerprint density at radius 1 is 0.889 bits per heavy atom. The molecule has 0 heterocycles. The lowest BCUT2D eigenvalue weighted by molar-refractivity contribution is -0.140. The normalized spacial score (nSPS) is 12.0. The van der Waals surface area contributed by atoms with Crippen LogP contribution in [0.5, 0.6) is 0 Å². The molecule has 190 valence electrons. The quantitative estimate of drug-likeness (QED) is 0.397. The first kappa shape index (κ1) is 27.5. The number of amides is 2. The molecule has 0 aliphatic carbocycles. The van der Waals surface area contributed by atoms with Crippen molar-refractivity contribution in [1.82, 2.24) is 10.2 Å².